The molecule has 0 aliphatic rings. The largest absolute Gasteiger partial charge is 0.370 e. The lowest BCUT2D eigenvalue weighted by Gasteiger charge is -2.14. The van der Waals surface area contributed by atoms with Crippen molar-refractivity contribution in [2.75, 3.05) is 11.9 Å². The van der Waals surface area contributed by atoms with Crippen LogP contribution in [0.25, 0.3) is 0 Å². The van der Waals surface area contributed by atoms with Gasteiger partial charge in [-0.05, 0) is 0 Å². The molecule has 2 heterocycles. The van der Waals surface area contributed by atoms with Crippen LogP contribution in [0.2, 0.25) is 0 Å². The van der Waals surface area contributed by atoms with Crippen LogP contribution in [0.15, 0.2) is 15.0 Å². The molecule has 0 unspecified atom stereocenters. The van der Waals surface area contributed by atoms with Gasteiger partial charge in [0.25, 0.3) is 5.56 Å². The number of nitrogens with one attached hydrogen (secondary N) is 1. The van der Waals surface area contributed by atoms with Crippen molar-refractivity contribution in [3.8, 4) is 6.07 Å². The van der Waals surface area contributed by atoms with E-state index in [1.165, 1.54) is 18.7 Å². The van der Waals surface area contributed by atoms with Gasteiger partial charge in [0, 0.05) is 37.9 Å². The zero-order chi connectivity index (χ0) is 18.1. The molecule has 0 spiro atoms. The van der Waals surface area contributed by atoms with Crippen LogP contribution in [-0.2, 0) is 25.9 Å². The maximum absolute atomic E-state index is 12.0. The topological polar surface area (TPSA) is 92.7 Å². The third kappa shape index (κ3) is 3.41. The Bertz CT molecular complexity index is 909. The van der Waals surface area contributed by atoms with Crippen molar-refractivity contribution < 1.29 is 0 Å². The van der Waals surface area contributed by atoms with Crippen LogP contribution in [-0.4, -0.2) is 20.7 Å². The molecule has 128 valence electrons. The van der Waals surface area contributed by atoms with Gasteiger partial charge in [0.1, 0.15) is 11.9 Å². The predicted molar refractivity (Wildman–Crippen MR) is 94.6 cm³/mol. The molecule has 0 atom stereocenters. The lowest BCUT2D eigenvalue weighted by molar-refractivity contribution is 0.571. The van der Waals surface area contributed by atoms with Gasteiger partial charge >= 0.3 is 5.69 Å². The van der Waals surface area contributed by atoms with Crippen LogP contribution < -0.4 is 16.6 Å². The van der Waals surface area contributed by atoms with E-state index in [-0.39, 0.29) is 16.8 Å². The molecule has 0 saturated heterocycles. The summed E-state index contributed by atoms with van der Waals surface area (Å²) in [6.45, 7) is 6.81. The van der Waals surface area contributed by atoms with Crippen LogP contribution in [0.1, 0.15) is 37.0 Å². The first-order chi connectivity index (χ1) is 11.2. The minimum Gasteiger partial charge on any atom is -0.370 e. The van der Waals surface area contributed by atoms with E-state index in [0.29, 0.717) is 13.0 Å². The zero-order valence-corrected chi connectivity index (χ0v) is 15.3. The Balaban J connectivity index is 2.19. The van der Waals surface area contributed by atoms with Crippen molar-refractivity contribution in [1.29, 1.82) is 5.26 Å². The molecule has 8 heteroatoms. The van der Waals surface area contributed by atoms with Gasteiger partial charge in [-0.3, -0.25) is 13.9 Å². The molecular weight excluding hydrogens is 326 g/mol. The van der Waals surface area contributed by atoms with Crippen LogP contribution in [0.3, 0.4) is 0 Å². The molecule has 0 saturated carbocycles. The summed E-state index contributed by atoms with van der Waals surface area (Å²) in [5.74, 6) is 0.248. The molecule has 2 aromatic heterocycles. The Morgan fingerprint density at radius 3 is 2.50 bits per heavy atom. The Hall–Kier alpha value is -2.40. The fraction of sp³-hybridized carbons (Fsp3) is 0.500. The maximum Gasteiger partial charge on any atom is 0.332 e. The molecule has 0 amide bonds. The van der Waals surface area contributed by atoms with Gasteiger partial charge in [0.05, 0.1) is 10.7 Å². The van der Waals surface area contributed by atoms with E-state index in [0.717, 1.165) is 15.3 Å². The fourth-order valence-corrected chi connectivity index (χ4v) is 3.23. The van der Waals surface area contributed by atoms with Gasteiger partial charge in [0.2, 0.25) is 0 Å². The minimum atomic E-state index is -0.590. The van der Waals surface area contributed by atoms with E-state index in [4.69, 9.17) is 0 Å². The maximum atomic E-state index is 12.0. The highest BCUT2D eigenvalue weighted by molar-refractivity contribution is 7.09. The lowest BCUT2D eigenvalue weighted by Crippen LogP contribution is -2.40. The quantitative estimate of drug-likeness (QED) is 0.901. The second-order valence-corrected chi connectivity index (χ2v) is 7.54. The fourth-order valence-electron chi connectivity index (χ4n) is 2.21. The molecule has 0 aromatic carbocycles. The summed E-state index contributed by atoms with van der Waals surface area (Å²) in [5, 5.41) is 15.3. The third-order valence-electron chi connectivity index (χ3n) is 3.73. The third-order valence-corrected chi connectivity index (χ3v) is 4.64. The highest BCUT2D eigenvalue weighted by atomic mass is 32.1. The van der Waals surface area contributed by atoms with Gasteiger partial charge in [-0.1, -0.05) is 20.8 Å². The number of hydrogen-bond donors (Lipinski definition) is 1. The predicted octanol–water partition coefficient (Wildman–Crippen LogP) is 1.36. The lowest BCUT2D eigenvalue weighted by atomic mass is 9.93. The van der Waals surface area contributed by atoms with E-state index < -0.39 is 11.2 Å². The molecule has 0 aliphatic carbocycles. The van der Waals surface area contributed by atoms with E-state index in [2.05, 4.69) is 31.1 Å². The monoisotopic (exact) mass is 347 g/mol. The molecule has 2 aromatic rings. The molecule has 0 aliphatic heterocycles. The molecule has 7 nitrogen and oxygen atoms in total. The van der Waals surface area contributed by atoms with Crippen LogP contribution in [0, 0.1) is 11.3 Å². The van der Waals surface area contributed by atoms with Crippen LogP contribution in [0.5, 0.6) is 0 Å². The highest BCUT2D eigenvalue weighted by Gasteiger charge is 2.18. The van der Waals surface area contributed by atoms with Gasteiger partial charge in [0.15, 0.2) is 5.56 Å². The number of hydrogen-bond acceptors (Lipinski definition) is 6. The van der Waals surface area contributed by atoms with Crippen LogP contribution >= 0.6 is 11.3 Å². The first-order valence-electron chi connectivity index (χ1n) is 7.55. The van der Waals surface area contributed by atoms with Gasteiger partial charge in [-0.2, -0.15) is 5.26 Å². The molecule has 24 heavy (non-hydrogen) atoms. The van der Waals surface area contributed by atoms with Gasteiger partial charge < -0.3 is 5.32 Å². The Labute approximate surface area is 144 Å². The molecule has 0 radical (unpaired) electrons. The van der Waals surface area contributed by atoms with Gasteiger partial charge in [-0.15, -0.1) is 11.3 Å². The summed E-state index contributed by atoms with van der Waals surface area (Å²) in [4.78, 5) is 28.6. The summed E-state index contributed by atoms with van der Waals surface area (Å²) in [7, 11) is 2.89. The summed E-state index contributed by atoms with van der Waals surface area (Å²) in [6.07, 6.45) is 0.648. The van der Waals surface area contributed by atoms with E-state index in [9.17, 15) is 14.9 Å². The van der Waals surface area contributed by atoms with Gasteiger partial charge in [-0.25, -0.2) is 9.78 Å². The SMILES string of the molecule is Cn1c(NCCc2nc(C(C)(C)C)cs2)c(C#N)c(=O)n(C)c1=O. The summed E-state index contributed by atoms with van der Waals surface area (Å²) < 4.78 is 2.21. The summed E-state index contributed by atoms with van der Waals surface area (Å²) in [6, 6.07) is 1.88. The number of anilines is 1. The van der Waals surface area contributed by atoms with E-state index in [1.807, 2.05) is 11.4 Å². The Morgan fingerprint density at radius 1 is 1.29 bits per heavy atom. The summed E-state index contributed by atoms with van der Waals surface area (Å²) in [5.41, 5.74) is -0.0699. The van der Waals surface area contributed by atoms with Crippen molar-refractivity contribution in [3.05, 3.63) is 42.5 Å². The zero-order valence-electron chi connectivity index (χ0n) is 14.5. The smallest absolute Gasteiger partial charge is 0.332 e. The van der Waals surface area contributed by atoms with Crippen molar-refractivity contribution in [2.24, 2.45) is 14.1 Å². The van der Waals surface area contributed by atoms with E-state index in [1.54, 1.807) is 11.3 Å². The highest BCUT2D eigenvalue weighted by Crippen LogP contribution is 2.24. The van der Waals surface area contributed by atoms with Crippen molar-refractivity contribution in [2.45, 2.75) is 32.6 Å². The number of rotatable bonds is 4. The minimum absolute atomic E-state index is 0.00565. The molecule has 2 rings (SSSR count). The van der Waals surface area contributed by atoms with Crippen molar-refractivity contribution in [3.63, 3.8) is 0 Å². The van der Waals surface area contributed by atoms with Crippen molar-refractivity contribution in [1.82, 2.24) is 14.1 Å². The van der Waals surface area contributed by atoms with Crippen molar-refractivity contribution >= 4 is 17.2 Å². The second-order valence-electron chi connectivity index (χ2n) is 6.59. The average molecular weight is 347 g/mol. The number of thiazole rings is 1. The van der Waals surface area contributed by atoms with E-state index >= 15 is 0 Å². The molecule has 1 N–H and O–H groups in total. The molecular formula is C16H21N5O2S. The standard InChI is InChI=1S/C16H21N5O2S/c1-16(2,3)11-9-24-12(19-11)6-7-18-13-10(8-17)14(22)21(5)15(23)20(13)4/h9,18H,6-7H2,1-5H3. The molecule has 0 bridgehead atoms. The first kappa shape index (κ1) is 17.9. The second kappa shape index (κ2) is 6.61. The average Bonchev–Trinajstić information content (AvgIpc) is 2.99. The number of nitrogens with zero attached hydrogens (tertiary/aromatic N) is 4. The number of nitriles is 1. The van der Waals surface area contributed by atoms with Crippen LogP contribution in [0.4, 0.5) is 5.82 Å². The normalized spacial score (nSPS) is 11.3. The Morgan fingerprint density at radius 2 is 1.96 bits per heavy atom. The molecule has 0 fully saturated rings. The summed E-state index contributed by atoms with van der Waals surface area (Å²) >= 11 is 1.58. The number of aromatic nitrogens is 3. The first-order valence-corrected chi connectivity index (χ1v) is 8.43. The Kier molecular flexibility index (Phi) is 4.94.